The topological polar surface area (TPSA) is 59.1 Å². The fourth-order valence-corrected chi connectivity index (χ4v) is 0.909. The Bertz CT molecular complexity index is 314. The van der Waals surface area contributed by atoms with Gasteiger partial charge in [-0.1, -0.05) is 6.07 Å². The quantitative estimate of drug-likeness (QED) is 0.761. The van der Waals surface area contributed by atoms with Crippen molar-refractivity contribution >= 4 is 0 Å². The number of aliphatic hydroxyl groups excluding tert-OH is 1. The van der Waals surface area contributed by atoms with E-state index >= 15 is 0 Å². The minimum atomic E-state index is -4.48. The van der Waals surface area contributed by atoms with Gasteiger partial charge in [0.15, 0.2) is 0 Å². The molecule has 1 aromatic rings. The van der Waals surface area contributed by atoms with Gasteiger partial charge in [-0.3, -0.25) is 0 Å². The number of nitrogens with zero attached hydrogens (tertiary/aromatic N) is 1. The molecule has 0 amide bonds. The summed E-state index contributed by atoms with van der Waals surface area (Å²) in [4.78, 5) is 3.30. The molecule has 0 aromatic carbocycles. The van der Waals surface area contributed by atoms with Gasteiger partial charge < -0.3 is 10.8 Å². The molecule has 1 rings (SSSR count). The molecule has 0 saturated carbocycles. The van der Waals surface area contributed by atoms with Crippen molar-refractivity contribution in [1.82, 2.24) is 4.98 Å². The van der Waals surface area contributed by atoms with Crippen LogP contribution in [-0.2, 0) is 6.18 Å². The Morgan fingerprint density at radius 3 is 2.57 bits per heavy atom. The van der Waals surface area contributed by atoms with E-state index in [1.54, 1.807) is 0 Å². The maximum absolute atomic E-state index is 12.2. The van der Waals surface area contributed by atoms with Crippen molar-refractivity contribution in [2.45, 2.75) is 12.2 Å². The van der Waals surface area contributed by atoms with Gasteiger partial charge in [-0.05, 0) is 12.1 Å². The number of pyridine rings is 1. The standard InChI is InChI=1S/C8H9F3N2O/c9-8(10,11)7-3-1-2-6(13-7)5(12)4-14/h1-3,5,14H,4,12H2/t5-/m0/s1. The van der Waals surface area contributed by atoms with Crippen molar-refractivity contribution in [3.8, 4) is 0 Å². The lowest BCUT2D eigenvalue weighted by molar-refractivity contribution is -0.141. The number of hydrogen-bond donors (Lipinski definition) is 2. The average molecular weight is 206 g/mol. The summed E-state index contributed by atoms with van der Waals surface area (Å²) in [5.41, 5.74) is 4.36. The Morgan fingerprint density at radius 1 is 1.43 bits per heavy atom. The van der Waals surface area contributed by atoms with Crippen LogP contribution in [0.15, 0.2) is 18.2 Å². The molecule has 78 valence electrons. The highest BCUT2D eigenvalue weighted by atomic mass is 19.4. The van der Waals surface area contributed by atoms with Crippen molar-refractivity contribution in [3.63, 3.8) is 0 Å². The van der Waals surface area contributed by atoms with Gasteiger partial charge in [-0.25, -0.2) is 4.98 Å². The van der Waals surface area contributed by atoms with Gasteiger partial charge in [0.05, 0.1) is 18.3 Å². The molecule has 1 atom stereocenters. The van der Waals surface area contributed by atoms with Crippen LogP contribution in [0.4, 0.5) is 13.2 Å². The molecule has 1 heterocycles. The molecule has 6 heteroatoms. The fraction of sp³-hybridized carbons (Fsp3) is 0.375. The summed E-state index contributed by atoms with van der Waals surface area (Å²) < 4.78 is 36.5. The minimum Gasteiger partial charge on any atom is -0.394 e. The predicted octanol–water partition coefficient (Wildman–Crippen LogP) is 1.09. The summed E-state index contributed by atoms with van der Waals surface area (Å²) in [7, 11) is 0. The highest BCUT2D eigenvalue weighted by Crippen LogP contribution is 2.27. The zero-order valence-corrected chi connectivity index (χ0v) is 7.12. The van der Waals surface area contributed by atoms with Gasteiger partial charge in [0.2, 0.25) is 0 Å². The third kappa shape index (κ3) is 2.43. The summed E-state index contributed by atoms with van der Waals surface area (Å²) in [6, 6.07) is 2.53. The fourth-order valence-electron chi connectivity index (χ4n) is 0.909. The SMILES string of the molecule is N[C@@H](CO)c1cccc(C(F)(F)F)n1. The number of halogens is 3. The van der Waals surface area contributed by atoms with Crippen LogP contribution in [0.5, 0.6) is 0 Å². The molecule has 3 nitrogen and oxygen atoms in total. The Labute approximate surface area is 78.4 Å². The molecular weight excluding hydrogens is 197 g/mol. The molecule has 0 unspecified atom stereocenters. The lowest BCUT2D eigenvalue weighted by Crippen LogP contribution is -2.18. The smallest absolute Gasteiger partial charge is 0.394 e. The van der Waals surface area contributed by atoms with Crippen LogP contribution in [-0.4, -0.2) is 16.7 Å². The molecule has 0 aliphatic rings. The molecule has 14 heavy (non-hydrogen) atoms. The third-order valence-electron chi connectivity index (χ3n) is 1.64. The monoisotopic (exact) mass is 206 g/mol. The summed E-state index contributed by atoms with van der Waals surface area (Å²) in [5.74, 6) is 0. The summed E-state index contributed by atoms with van der Waals surface area (Å²) >= 11 is 0. The normalized spacial score (nSPS) is 14.1. The average Bonchev–Trinajstić information content (AvgIpc) is 2.15. The van der Waals surface area contributed by atoms with Crippen molar-refractivity contribution < 1.29 is 18.3 Å². The first kappa shape index (κ1) is 10.9. The van der Waals surface area contributed by atoms with Crippen molar-refractivity contribution in [1.29, 1.82) is 0 Å². The molecule has 3 N–H and O–H groups in total. The second-order valence-corrected chi connectivity index (χ2v) is 2.73. The number of hydrogen-bond acceptors (Lipinski definition) is 3. The molecule has 1 aromatic heterocycles. The van der Waals surface area contributed by atoms with E-state index in [4.69, 9.17) is 10.8 Å². The van der Waals surface area contributed by atoms with Gasteiger partial charge in [0.1, 0.15) is 5.69 Å². The summed E-state index contributed by atoms with van der Waals surface area (Å²) in [5, 5.41) is 8.64. The predicted molar refractivity (Wildman–Crippen MR) is 43.3 cm³/mol. The number of aliphatic hydroxyl groups is 1. The van der Waals surface area contributed by atoms with Crippen molar-refractivity contribution in [2.75, 3.05) is 6.61 Å². The van der Waals surface area contributed by atoms with E-state index in [-0.39, 0.29) is 5.69 Å². The zero-order chi connectivity index (χ0) is 10.8. The van der Waals surface area contributed by atoms with Crippen LogP contribution in [0.3, 0.4) is 0 Å². The van der Waals surface area contributed by atoms with Gasteiger partial charge in [0.25, 0.3) is 0 Å². The maximum Gasteiger partial charge on any atom is 0.433 e. The first-order chi connectivity index (χ1) is 6.45. The molecule has 0 saturated heterocycles. The first-order valence-corrected chi connectivity index (χ1v) is 3.85. The van der Waals surface area contributed by atoms with Gasteiger partial charge in [0, 0.05) is 0 Å². The van der Waals surface area contributed by atoms with Crippen LogP contribution < -0.4 is 5.73 Å². The minimum absolute atomic E-state index is 0.0299. The molecule has 0 fully saturated rings. The Morgan fingerprint density at radius 2 is 2.07 bits per heavy atom. The maximum atomic E-state index is 12.2. The number of nitrogens with two attached hydrogens (primary N) is 1. The second-order valence-electron chi connectivity index (χ2n) is 2.73. The van der Waals surface area contributed by atoms with Crippen LogP contribution in [0.1, 0.15) is 17.4 Å². The van der Waals surface area contributed by atoms with E-state index in [0.29, 0.717) is 0 Å². The van der Waals surface area contributed by atoms with E-state index in [2.05, 4.69) is 4.98 Å². The lowest BCUT2D eigenvalue weighted by atomic mass is 10.2. The Hall–Kier alpha value is -1.14. The second kappa shape index (κ2) is 3.93. The summed E-state index contributed by atoms with van der Waals surface area (Å²) in [6.45, 7) is -0.436. The zero-order valence-electron chi connectivity index (χ0n) is 7.12. The van der Waals surface area contributed by atoms with Crippen LogP contribution in [0.25, 0.3) is 0 Å². The Kier molecular flexibility index (Phi) is 3.07. The van der Waals surface area contributed by atoms with E-state index < -0.39 is 24.5 Å². The molecule has 0 bridgehead atoms. The van der Waals surface area contributed by atoms with Crippen LogP contribution >= 0.6 is 0 Å². The number of rotatable bonds is 2. The first-order valence-electron chi connectivity index (χ1n) is 3.85. The summed E-state index contributed by atoms with van der Waals surface area (Å²) in [6.07, 6.45) is -4.48. The van der Waals surface area contributed by atoms with Gasteiger partial charge in [-0.2, -0.15) is 13.2 Å². The molecular formula is C8H9F3N2O. The number of aromatic nitrogens is 1. The molecule has 0 spiro atoms. The van der Waals surface area contributed by atoms with Crippen molar-refractivity contribution in [3.05, 3.63) is 29.6 Å². The number of alkyl halides is 3. The van der Waals surface area contributed by atoms with E-state index in [1.807, 2.05) is 0 Å². The Balaban J connectivity index is 3.01. The van der Waals surface area contributed by atoms with E-state index in [0.717, 1.165) is 6.07 Å². The van der Waals surface area contributed by atoms with E-state index in [9.17, 15) is 13.2 Å². The van der Waals surface area contributed by atoms with E-state index in [1.165, 1.54) is 12.1 Å². The third-order valence-corrected chi connectivity index (χ3v) is 1.64. The molecule has 0 aliphatic heterocycles. The largest absolute Gasteiger partial charge is 0.433 e. The highest BCUT2D eigenvalue weighted by molar-refractivity contribution is 5.16. The van der Waals surface area contributed by atoms with Crippen molar-refractivity contribution in [2.24, 2.45) is 5.73 Å². The highest BCUT2D eigenvalue weighted by Gasteiger charge is 2.32. The molecule has 0 radical (unpaired) electrons. The van der Waals surface area contributed by atoms with Crippen LogP contribution in [0.2, 0.25) is 0 Å². The van der Waals surface area contributed by atoms with Gasteiger partial charge >= 0.3 is 6.18 Å². The lowest BCUT2D eigenvalue weighted by Gasteiger charge is -2.10. The van der Waals surface area contributed by atoms with Gasteiger partial charge in [-0.15, -0.1) is 0 Å². The van der Waals surface area contributed by atoms with Crippen LogP contribution in [0, 0.1) is 0 Å². The molecule has 0 aliphatic carbocycles.